The molecule has 3 rings (SSSR count). The van der Waals surface area contributed by atoms with Crippen molar-refractivity contribution in [2.45, 2.75) is 91.5 Å². The summed E-state index contributed by atoms with van der Waals surface area (Å²) in [5.41, 5.74) is 2.69. The lowest BCUT2D eigenvalue weighted by Crippen LogP contribution is -2.55. The quantitative estimate of drug-likeness (QED) is 0.441. The summed E-state index contributed by atoms with van der Waals surface area (Å²) in [6.45, 7) is 13.2. The number of carbonyl (C=O) groups is 3. The van der Waals surface area contributed by atoms with Crippen LogP contribution in [0.25, 0.3) is 0 Å². The number of ether oxygens (including phenoxy) is 1. The highest BCUT2D eigenvalue weighted by Gasteiger charge is 2.45. The summed E-state index contributed by atoms with van der Waals surface area (Å²) in [7, 11) is 0. The molecule has 1 saturated carbocycles. The normalized spacial score (nSPS) is 15.8. The summed E-state index contributed by atoms with van der Waals surface area (Å²) in [6, 6.07) is 13.5. The van der Waals surface area contributed by atoms with Gasteiger partial charge in [-0.2, -0.15) is 0 Å². The Morgan fingerprint density at radius 2 is 1.59 bits per heavy atom. The monoisotopic (exact) mass is 507 g/mol. The molecule has 0 spiro atoms. The average Bonchev–Trinajstić information content (AvgIpc) is 3.67. The third kappa shape index (κ3) is 7.34. The molecule has 2 aromatic carbocycles. The van der Waals surface area contributed by atoms with Crippen LogP contribution in [-0.4, -0.2) is 40.5 Å². The maximum atomic E-state index is 14.2. The fourth-order valence-electron chi connectivity index (χ4n) is 4.43. The van der Waals surface area contributed by atoms with E-state index in [2.05, 4.69) is 10.6 Å². The van der Waals surface area contributed by atoms with Crippen molar-refractivity contribution < 1.29 is 19.1 Å². The van der Waals surface area contributed by atoms with Crippen molar-refractivity contribution >= 4 is 23.6 Å². The van der Waals surface area contributed by atoms with Crippen molar-refractivity contribution in [2.75, 3.05) is 5.32 Å². The fourth-order valence-corrected chi connectivity index (χ4v) is 4.43. The topological polar surface area (TPSA) is 87.7 Å². The van der Waals surface area contributed by atoms with Crippen LogP contribution >= 0.6 is 0 Å². The standard InChI is InChI=1S/C30H41N3O4/c1-8-19(2)25(32-29(36)37-30(5,6)7)28(35)33(23-17-18-23)26(22-15-10-9-11-16-22)27(34)31-24-20(3)13-12-14-21(24)4/h9-16,19,23,25-26H,8,17-18H2,1-7H3,(H,31,34)(H,32,36). The summed E-state index contributed by atoms with van der Waals surface area (Å²) in [5.74, 6) is -0.698. The highest BCUT2D eigenvalue weighted by atomic mass is 16.6. The summed E-state index contributed by atoms with van der Waals surface area (Å²) in [5, 5.41) is 5.92. The Morgan fingerprint density at radius 3 is 2.11 bits per heavy atom. The van der Waals surface area contributed by atoms with E-state index in [1.807, 2.05) is 76.2 Å². The molecule has 7 heteroatoms. The molecule has 0 bridgehead atoms. The zero-order chi connectivity index (χ0) is 27.3. The number of rotatable bonds is 9. The van der Waals surface area contributed by atoms with Gasteiger partial charge in [0, 0.05) is 11.7 Å². The highest BCUT2D eigenvalue weighted by Crippen LogP contribution is 2.37. The van der Waals surface area contributed by atoms with Gasteiger partial charge in [-0.1, -0.05) is 68.8 Å². The Bertz CT molecular complexity index is 1090. The second kappa shape index (κ2) is 11.8. The average molecular weight is 508 g/mol. The SMILES string of the molecule is CCC(C)C(NC(=O)OC(C)(C)C)C(=O)N(C1CC1)C(C(=O)Nc1c(C)cccc1C)c1ccccc1. The van der Waals surface area contributed by atoms with E-state index < -0.39 is 23.8 Å². The van der Waals surface area contributed by atoms with Gasteiger partial charge >= 0.3 is 6.09 Å². The maximum absolute atomic E-state index is 14.2. The van der Waals surface area contributed by atoms with Crippen LogP contribution in [0.15, 0.2) is 48.5 Å². The van der Waals surface area contributed by atoms with E-state index in [1.165, 1.54) is 0 Å². The largest absolute Gasteiger partial charge is 0.444 e. The number of nitrogens with one attached hydrogen (secondary N) is 2. The number of alkyl carbamates (subject to hydrolysis) is 1. The molecule has 1 aliphatic rings. The predicted octanol–water partition coefficient (Wildman–Crippen LogP) is 5.91. The van der Waals surface area contributed by atoms with Crippen molar-refractivity contribution in [3.05, 3.63) is 65.2 Å². The molecule has 1 aliphatic carbocycles. The van der Waals surface area contributed by atoms with Crippen LogP contribution in [0.1, 0.15) is 76.6 Å². The van der Waals surface area contributed by atoms with Gasteiger partial charge in [0.15, 0.2) is 0 Å². The van der Waals surface area contributed by atoms with Gasteiger partial charge < -0.3 is 20.3 Å². The molecule has 3 unspecified atom stereocenters. The maximum Gasteiger partial charge on any atom is 0.408 e. The van der Waals surface area contributed by atoms with Crippen molar-refractivity contribution in [3.8, 4) is 0 Å². The number of benzene rings is 2. The van der Waals surface area contributed by atoms with Crippen molar-refractivity contribution in [3.63, 3.8) is 0 Å². The van der Waals surface area contributed by atoms with Gasteiger partial charge in [-0.3, -0.25) is 9.59 Å². The molecule has 2 aromatic rings. The van der Waals surface area contributed by atoms with Gasteiger partial charge in [-0.25, -0.2) is 4.79 Å². The minimum atomic E-state index is -0.841. The molecule has 0 radical (unpaired) electrons. The Labute approximate surface area is 221 Å². The molecular formula is C30H41N3O4. The number of carbonyl (C=O) groups excluding carboxylic acids is 3. The molecule has 0 heterocycles. The Hall–Kier alpha value is -3.35. The first kappa shape index (κ1) is 28.2. The highest BCUT2D eigenvalue weighted by molar-refractivity contribution is 6.00. The van der Waals surface area contributed by atoms with Gasteiger partial charge in [0.05, 0.1) is 0 Å². The van der Waals surface area contributed by atoms with Gasteiger partial charge in [0.25, 0.3) is 5.91 Å². The summed E-state index contributed by atoms with van der Waals surface area (Å²) >= 11 is 0. The van der Waals surface area contributed by atoms with Crippen LogP contribution < -0.4 is 10.6 Å². The van der Waals surface area contributed by atoms with Gasteiger partial charge in [-0.15, -0.1) is 0 Å². The molecule has 1 fully saturated rings. The molecule has 200 valence electrons. The van der Waals surface area contributed by atoms with Crippen LogP contribution in [0.4, 0.5) is 10.5 Å². The summed E-state index contributed by atoms with van der Waals surface area (Å²) in [4.78, 5) is 42.6. The lowest BCUT2D eigenvalue weighted by atomic mass is 9.95. The molecule has 7 nitrogen and oxygen atoms in total. The number of aryl methyl sites for hydroxylation is 2. The number of hydrogen-bond donors (Lipinski definition) is 2. The van der Waals surface area contributed by atoms with Crippen LogP contribution in [0.2, 0.25) is 0 Å². The zero-order valence-electron chi connectivity index (χ0n) is 23.1. The minimum Gasteiger partial charge on any atom is -0.444 e. The second-order valence-corrected chi connectivity index (χ2v) is 11.1. The molecule has 3 amide bonds. The molecule has 0 aromatic heterocycles. The molecule has 0 aliphatic heterocycles. The van der Waals surface area contributed by atoms with E-state index in [0.717, 1.165) is 35.2 Å². The Balaban J connectivity index is 2.00. The Morgan fingerprint density at radius 1 is 1.00 bits per heavy atom. The zero-order valence-corrected chi connectivity index (χ0v) is 23.1. The minimum absolute atomic E-state index is 0.0755. The number of hydrogen-bond acceptors (Lipinski definition) is 4. The van der Waals surface area contributed by atoms with E-state index in [1.54, 1.807) is 25.7 Å². The third-order valence-corrected chi connectivity index (χ3v) is 6.72. The van der Waals surface area contributed by atoms with Crippen LogP contribution in [0, 0.1) is 19.8 Å². The Kier molecular flexibility index (Phi) is 9.00. The van der Waals surface area contributed by atoms with Crippen molar-refractivity contribution in [1.29, 1.82) is 0 Å². The second-order valence-electron chi connectivity index (χ2n) is 11.1. The first-order valence-corrected chi connectivity index (χ1v) is 13.2. The van der Waals surface area contributed by atoms with E-state index >= 15 is 0 Å². The van der Waals surface area contributed by atoms with Crippen molar-refractivity contribution in [2.24, 2.45) is 5.92 Å². The van der Waals surface area contributed by atoms with E-state index in [-0.39, 0.29) is 23.8 Å². The van der Waals surface area contributed by atoms with Crippen molar-refractivity contribution in [1.82, 2.24) is 10.2 Å². The predicted molar refractivity (Wildman–Crippen MR) is 146 cm³/mol. The third-order valence-electron chi connectivity index (χ3n) is 6.72. The van der Waals surface area contributed by atoms with Crippen LogP contribution in [0.5, 0.6) is 0 Å². The van der Waals surface area contributed by atoms with Crippen LogP contribution in [-0.2, 0) is 14.3 Å². The van der Waals surface area contributed by atoms with Gasteiger partial charge in [-0.05, 0) is 70.1 Å². The fraction of sp³-hybridized carbons (Fsp3) is 0.500. The number of nitrogens with zero attached hydrogens (tertiary/aromatic N) is 1. The van der Waals surface area contributed by atoms with Gasteiger partial charge in [0.2, 0.25) is 5.91 Å². The first-order chi connectivity index (χ1) is 17.4. The molecule has 3 atom stereocenters. The molecular weight excluding hydrogens is 466 g/mol. The lowest BCUT2D eigenvalue weighted by molar-refractivity contribution is -0.142. The summed E-state index contributed by atoms with van der Waals surface area (Å²) < 4.78 is 5.47. The number of anilines is 1. The molecule has 0 saturated heterocycles. The van der Waals surface area contributed by atoms with E-state index in [0.29, 0.717) is 6.42 Å². The smallest absolute Gasteiger partial charge is 0.408 e. The lowest BCUT2D eigenvalue weighted by Gasteiger charge is -2.36. The van der Waals surface area contributed by atoms with E-state index in [9.17, 15) is 14.4 Å². The molecule has 37 heavy (non-hydrogen) atoms. The summed E-state index contributed by atoms with van der Waals surface area (Å²) in [6.07, 6.45) is 1.66. The van der Waals surface area contributed by atoms with E-state index in [4.69, 9.17) is 4.74 Å². The molecule has 2 N–H and O–H groups in total. The van der Waals surface area contributed by atoms with Gasteiger partial charge in [0.1, 0.15) is 17.7 Å². The first-order valence-electron chi connectivity index (χ1n) is 13.2. The van der Waals surface area contributed by atoms with Crippen LogP contribution in [0.3, 0.4) is 0 Å². The number of amides is 3. The number of para-hydroxylation sites is 1.